The summed E-state index contributed by atoms with van der Waals surface area (Å²) in [4.78, 5) is 26.8. The van der Waals surface area contributed by atoms with Crippen molar-refractivity contribution >= 4 is 34.7 Å². The molecule has 0 radical (unpaired) electrons. The fraction of sp³-hybridized carbons (Fsp3) is 0.526. The molecule has 2 fully saturated rings. The normalized spacial score (nSPS) is 20.3. The molecule has 168 valence electrons. The molecular formula is C19H22FN4O6S-. The number of amides is 2. The first-order valence-electron chi connectivity index (χ1n) is 9.80. The molecule has 12 heteroatoms. The maximum absolute atomic E-state index is 14.8. The Hall–Kier alpha value is -2.75. The second-order valence-corrected chi connectivity index (χ2v) is 8.01. The summed E-state index contributed by atoms with van der Waals surface area (Å²) in [6.45, 7) is 1.22. The number of cyclic esters (lactones) is 1. The topological polar surface area (TPSA) is 135 Å². The smallest absolute Gasteiger partial charge is 0.414 e. The molecule has 2 aliphatic heterocycles. The molecule has 1 aromatic carbocycles. The third-order valence-corrected chi connectivity index (χ3v) is 5.72. The molecule has 3 rings (SSSR count). The van der Waals surface area contributed by atoms with E-state index < -0.39 is 29.4 Å². The molecule has 1 N–H and O–H groups in total. The molecule has 1 aromatic rings. The lowest BCUT2D eigenvalue weighted by atomic mass is 9.93. The SMILES string of the molecule is N#CNC(=O)CC1CCN(c2ccc(N3C[C@@H](CCOS(=O)[O-])OC3=O)cc2F)CC1. The van der Waals surface area contributed by atoms with Crippen molar-refractivity contribution < 1.29 is 31.7 Å². The summed E-state index contributed by atoms with van der Waals surface area (Å²) < 4.78 is 45.2. The van der Waals surface area contributed by atoms with Gasteiger partial charge in [-0.1, -0.05) is 0 Å². The van der Waals surface area contributed by atoms with Gasteiger partial charge in [-0.15, -0.1) is 0 Å². The van der Waals surface area contributed by atoms with Crippen LogP contribution in [0.4, 0.5) is 20.6 Å². The summed E-state index contributed by atoms with van der Waals surface area (Å²) in [7, 11) is 0. The summed E-state index contributed by atoms with van der Waals surface area (Å²) in [5.74, 6) is -0.633. The molecule has 0 spiro atoms. The van der Waals surface area contributed by atoms with E-state index in [-0.39, 0.29) is 37.8 Å². The second-order valence-electron chi connectivity index (χ2n) is 7.36. The van der Waals surface area contributed by atoms with Gasteiger partial charge in [0.2, 0.25) is 5.91 Å². The predicted octanol–water partition coefficient (Wildman–Crippen LogP) is 1.56. The number of carbonyl (C=O) groups is 2. The number of nitriles is 1. The predicted molar refractivity (Wildman–Crippen MR) is 107 cm³/mol. The van der Waals surface area contributed by atoms with Gasteiger partial charge in [-0.3, -0.25) is 15.0 Å². The van der Waals surface area contributed by atoms with Gasteiger partial charge in [0.1, 0.15) is 11.9 Å². The highest BCUT2D eigenvalue weighted by molar-refractivity contribution is 7.74. The molecule has 2 aliphatic rings. The Bertz CT molecular complexity index is 887. The van der Waals surface area contributed by atoms with Crippen molar-refractivity contribution in [3.05, 3.63) is 24.0 Å². The number of piperidine rings is 1. The third kappa shape index (κ3) is 6.13. The summed E-state index contributed by atoms with van der Waals surface area (Å²) >= 11 is -2.62. The van der Waals surface area contributed by atoms with E-state index >= 15 is 0 Å². The first-order chi connectivity index (χ1) is 14.9. The summed E-state index contributed by atoms with van der Waals surface area (Å²) in [5, 5.41) is 10.6. The van der Waals surface area contributed by atoms with Crippen LogP contribution in [0.3, 0.4) is 0 Å². The molecule has 1 unspecified atom stereocenters. The molecule has 2 saturated heterocycles. The molecule has 2 amide bonds. The quantitative estimate of drug-likeness (QED) is 0.356. The highest BCUT2D eigenvalue weighted by atomic mass is 32.2. The summed E-state index contributed by atoms with van der Waals surface area (Å²) in [6.07, 6.45) is 2.34. The zero-order valence-electron chi connectivity index (χ0n) is 16.6. The Kier molecular flexibility index (Phi) is 7.78. The lowest BCUT2D eigenvalue weighted by Gasteiger charge is -2.33. The van der Waals surface area contributed by atoms with Gasteiger partial charge in [-0.05, 0) is 37.0 Å². The largest absolute Gasteiger partial charge is 0.750 e. The number of anilines is 2. The van der Waals surface area contributed by atoms with Crippen molar-refractivity contribution in [2.75, 3.05) is 36.0 Å². The number of rotatable bonds is 8. The molecule has 2 heterocycles. The van der Waals surface area contributed by atoms with Gasteiger partial charge in [0.05, 0.1) is 35.9 Å². The van der Waals surface area contributed by atoms with Crippen LogP contribution in [0.15, 0.2) is 18.2 Å². The lowest BCUT2D eigenvalue weighted by Crippen LogP contribution is -2.36. The first kappa shape index (κ1) is 22.9. The van der Waals surface area contributed by atoms with E-state index in [1.807, 2.05) is 4.90 Å². The number of benzene rings is 1. The minimum Gasteiger partial charge on any atom is -0.750 e. The minimum atomic E-state index is -2.62. The number of hydrogen-bond acceptors (Lipinski definition) is 8. The van der Waals surface area contributed by atoms with Gasteiger partial charge in [0.25, 0.3) is 0 Å². The molecule has 10 nitrogen and oxygen atoms in total. The van der Waals surface area contributed by atoms with Crippen molar-refractivity contribution in [2.24, 2.45) is 5.92 Å². The first-order valence-corrected chi connectivity index (χ1v) is 10.8. The Labute approximate surface area is 181 Å². The van der Waals surface area contributed by atoms with Gasteiger partial charge in [-0.2, -0.15) is 5.26 Å². The van der Waals surface area contributed by atoms with Crippen molar-refractivity contribution in [1.29, 1.82) is 5.26 Å². The average Bonchev–Trinajstić information content (AvgIpc) is 3.09. The highest BCUT2D eigenvalue weighted by Gasteiger charge is 2.33. The van der Waals surface area contributed by atoms with Crippen LogP contribution in [-0.2, 0) is 25.1 Å². The fourth-order valence-corrected chi connectivity index (χ4v) is 4.04. The molecule has 0 aromatic heterocycles. The number of ether oxygens (including phenoxy) is 1. The van der Waals surface area contributed by atoms with Crippen LogP contribution < -0.4 is 15.1 Å². The molecule has 0 saturated carbocycles. The Balaban J connectivity index is 1.56. The van der Waals surface area contributed by atoms with Crippen LogP contribution in [0.5, 0.6) is 0 Å². The number of halogens is 1. The highest BCUT2D eigenvalue weighted by Crippen LogP contribution is 2.31. The van der Waals surface area contributed by atoms with Crippen LogP contribution in [0.25, 0.3) is 0 Å². The molecule has 2 atom stereocenters. The third-order valence-electron chi connectivity index (χ3n) is 5.36. The minimum absolute atomic E-state index is 0.108. The van der Waals surface area contributed by atoms with E-state index in [9.17, 15) is 22.7 Å². The maximum atomic E-state index is 14.8. The summed E-state index contributed by atoms with van der Waals surface area (Å²) in [6, 6.07) is 4.52. The van der Waals surface area contributed by atoms with Crippen molar-refractivity contribution in [3.63, 3.8) is 0 Å². The lowest BCUT2D eigenvalue weighted by molar-refractivity contribution is -0.121. The average molecular weight is 453 g/mol. The molecule has 0 aliphatic carbocycles. The Morgan fingerprint density at radius 3 is 2.81 bits per heavy atom. The van der Waals surface area contributed by atoms with E-state index in [4.69, 9.17) is 10.00 Å². The zero-order valence-corrected chi connectivity index (χ0v) is 17.4. The van der Waals surface area contributed by atoms with Crippen LogP contribution in [-0.4, -0.2) is 53.1 Å². The number of nitrogens with zero attached hydrogens (tertiary/aromatic N) is 3. The standard InChI is InChI=1S/C19H23FN4O6S/c20-16-10-14(24-11-15(30-19(24)26)5-8-29-31(27)28)1-2-17(16)23-6-3-13(4-7-23)9-18(25)22-12-21/h1-2,10,13,15H,3-9,11H2,(H,22,25)(H,27,28)/p-1/t15-/m1/s1. The van der Waals surface area contributed by atoms with E-state index in [1.54, 1.807) is 18.3 Å². The van der Waals surface area contributed by atoms with Gasteiger partial charge in [0.15, 0.2) is 6.19 Å². The molecule has 31 heavy (non-hydrogen) atoms. The Morgan fingerprint density at radius 1 is 1.42 bits per heavy atom. The van der Waals surface area contributed by atoms with Crippen LogP contribution in [0, 0.1) is 23.2 Å². The van der Waals surface area contributed by atoms with Crippen molar-refractivity contribution in [1.82, 2.24) is 5.32 Å². The van der Waals surface area contributed by atoms with Gasteiger partial charge in [0, 0.05) is 25.9 Å². The monoisotopic (exact) mass is 453 g/mol. The number of hydrogen-bond donors (Lipinski definition) is 1. The summed E-state index contributed by atoms with van der Waals surface area (Å²) in [5.41, 5.74) is 0.768. The maximum Gasteiger partial charge on any atom is 0.414 e. The fourth-order valence-electron chi connectivity index (χ4n) is 3.80. The van der Waals surface area contributed by atoms with Crippen molar-refractivity contribution in [3.8, 4) is 6.19 Å². The number of nitrogens with one attached hydrogen (secondary N) is 1. The zero-order chi connectivity index (χ0) is 22.4. The van der Waals surface area contributed by atoms with Gasteiger partial charge >= 0.3 is 6.09 Å². The van der Waals surface area contributed by atoms with Crippen LogP contribution in [0.2, 0.25) is 0 Å². The van der Waals surface area contributed by atoms with Gasteiger partial charge in [-0.25, -0.2) is 13.4 Å². The van der Waals surface area contributed by atoms with Gasteiger partial charge < -0.3 is 18.4 Å². The Morgan fingerprint density at radius 2 is 2.16 bits per heavy atom. The molecular weight excluding hydrogens is 431 g/mol. The second kappa shape index (κ2) is 10.5. The molecule has 0 bridgehead atoms. The van der Waals surface area contributed by atoms with E-state index in [0.717, 1.165) is 0 Å². The number of carbonyl (C=O) groups excluding carboxylic acids is 2. The van der Waals surface area contributed by atoms with Crippen LogP contribution in [0.1, 0.15) is 25.7 Å². The van der Waals surface area contributed by atoms with E-state index in [2.05, 4.69) is 9.50 Å². The van der Waals surface area contributed by atoms with E-state index in [1.165, 1.54) is 11.0 Å². The van der Waals surface area contributed by atoms with Crippen molar-refractivity contribution in [2.45, 2.75) is 31.8 Å². The van der Waals surface area contributed by atoms with E-state index in [0.29, 0.717) is 37.3 Å². The van der Waals surface area contributed by atoms with Crippen LogP contribution >= 0.6 is 0 Å².